The summed E-state index contributed by atoms with van der Waals surface area (Å²) >= 11 is 0. The smallest absolute Gasteiger partial charge is 0.352 e. The third-order valence-electron chi connectivity index (χ3n) is 6.26. The van der Waals surface area contributed by atoms with Crippen molar-refractivity contribution in [1.29, 1.82) is 0 Å². The van der Waals surface area contributed by atoms with E-state index in [9.17, 15) is 14.4 Å². The molecule has 0 spiro atoms. The highest BCUT2D eigenvalue weighted by Gasteiger charge is 2.19. The zero-order chi connectivity index (χ0) is 25.5. The number of nitrogens with zero attached hydrogens (tertiary/aromatic N) is 4. The standard InChI is InChI=1S/C27H23N5O5/c1-17-6-8-18(9-7-17)15-30-25(34)20-4-2-3-5-21(20)32-26(30)29-31(27(32)35)16-24(33)28-19-10-11-22-23(14-19)37-13-12-36-22/h2-11,14H,12-13,15-16H2,1H3,(H,28,33). The number of hydrogen-bond acceptors (Lipinski definition) is 6. The molecule has 0 unspecified atom stereocenters. The van der Waals surface area contributed by atoms with Crippen molar-refractivity contribution < 1.29 is 14.3 Å². The van der Waals surface area contributed by atoms with E-state index in [4.69, 9.17) is 9.47 Å². The van der Waals surface area contributed by atoms with E-state index < -0.39 is 11.6 Å². The number of benzene rings is 3. The van der Waals surface area contributed by atoms with Gasteiger partial charge in [0.15, 0.2) is 11.5 Å². The Balaban J connectivity index is 1.38. The normalized spacial score (nSPS) is 12.7. The van der Waals surface area contributed by atoms with Crippen LogP contribution in [0.15, 0.2) is 76.3 Å². The van der Waals surface area contributed by atoms with E-state index in [2.05, 4.69) is 10.4 Å². The Morgan fingerprint density at radius 1 is 0.973 bits per heavy atom. The molecule has 2 aromatic heterocycles. The van der Waals surface area contributed by atoms with Crippen LogP contribution in [0.2, 0.25) is 0 Å². The highest BCUT2D eigenvalue weighted by Crippen LogP contribution is 2.32. The molecule has 186 valence electrons. The van der Waals surface area contributed by atoms with Crippen LogP contribution in [0.25, 0.3) is 16.7 Å². The lowest BCUT2D eigenvalue weighted by Crippen LogP contribution is -2.29. The van der Waals surface area contributed by atoms with Gasteiger partial charge in [0, 0.05) is 11.8 Å². The quantitative estimate of drug-likeness (QED) is 0.400. The van der Waals surface area contributed by atoms with Crippen molar-refractivity contribution in [3.63, 3.8) is 0 Å². The third-order valence-corrected chi connectivity index (χ3v) is 6.26. The van der Waals surface area contributed by atoms with Crippen LogP contribution in [-0.4, -0.2) is 37.9 Å². The molecule has 0 bridgehead atoms. The number of rotatable bonds is 5. The minimum absolute atomic E-state index is 0.168. The molecule has 0 fully saturated rings. The summed E-state index contributed by atoms with van der Waals surface area (Å²) in [7, 11) is 0. The van der Waals surface area contributed by atoms with Crippen LogP contribution in [0, 0.1) is 6.92 Å². The Labute approximate surface area is 210 Å². The first-order valence-corrected chi connectivity index (χ1v) is 11.8. The molecule has 10 heteroatoms. The minimum Gasteiger partial charge on any atom is -0.486 e. The number of carbonyl (C=O) groups is 1. The van der Waals surface area contributed by atoms with Gasteiger partial charge in [0.2, 0.25) is 11.7 Å². The second-order valence-corrected chi connectivity index (χ2v) is 8.88. The number of hydrogen-bond donors (Lipinski definition) is 1. The largest absolute Gasteiger partial charge is 0.486 e. The minimum atomic E-state index is -0.513. The van der Waals surface area contributed by atoms with Crippen molar-refractivity contribution in [1.82, 2.24) is 18.7 Å². The second kappa shape index (κ2) is 8.98. The number of aromatic nitrogens is 4. The fourth-order valence-electron chi connectivity index (χ4n) is 4.45. The predicted molar refractivity (Wildman–Crippen MR) is 138 cm³/mol. The molecule has 1 amide bonds. The predicted octanol–water partition coefficient (Wildman–Crippen LogP) is 2.58. The lowest BCUT2D eigenvalue weighted by molar-refractivity contribution is -0.117. The molecule has 0 saturated heterocycles. The Bertz CT molecular complexity index is 1780. The van der Waals surface area contributed by atoms with Gasteiger partial charge in [-0.15, -0.1) is 5.10 Å². The molecule has 5 aromatic rings. The highest BCUT2D eigenvalue weighted by atomic mass is 16.6. The lowest BCUT2D eigenvalue weighted by Gasteiger charge is -2.18. The van der Waals surface area contributed by atoms with Crippen LogP contribution >= 0.6 is 0 Å². The monoisotopic (exact) mass is 497 g/mol. The summed E-state index contributed by atoms with van der Waals surface area (Å²) in [6, 6.07) is 19.8. The van der Waals surface area contributed by atoms with Gasteiger partial charge < -0.3 is 14.8 Å². The molecule has 0 radical (unpaired) electrons. The molecule has 0 saturated carbocycles. The topological polar surface area (TPSA) is 109 Å². The lowest BCUT2D eigenvalue weighted by atomic mass is 10.1. The van der Waals surface area contributed by atoms with Crippen LogP contribution in [0.5, 0.6) is 11.5 Å². The summed E-state index contributed by atoms with van der Waals surface area (Å²) in [5.74, 6) is 0.875. The molecular weight excluding hydrogens is 474 g/mol. The third kappa shape index (κ3) is 4.12. The summed E-state index contributed by atoms with van der Waals surface area (Å²) in [5.41, 5.74) is 2.16. The molecule has 6 rings (SSSR count). The van der Waals surface area contributed by atoms with E-state index in [1.165, 1.54) is 8.97 Å². The van der Waals surface area contributed by atoms with Gasteiger partial charge >= 0.3 is 5.69 Å². The summed E-state index contributed by atoms with van der Waals surface area (Å²) in [6.45, 7) is 2.79. The SMILES string of the molecule is Cc1ccc(Cn2c(=O)c3ccccc3n3c(=O)n(CC(=O)Nc4ccc5c(c4)OCCO5)nc23)cc1. The maximum atomic E-state index is 13.4. The van der Waals surface area contributed by atoms with Gasteiger partial charge in [-0.1, -0.05) is 42.0 Å². The van der Waals surface area contributed by atoms with E-state index in [0.29, 0.717) is 41.3 Å². The van der Waals surface area contributed by atoms with E-state index >= 15 is 0 Å². The van der Waals surface area contributed by atoms with Gasteiger partial charge in [-0.05, 0) is 36.8 Å². The average Bonchev–Trinajstić information content (AvgIpc) is 3.23. The van der Waals surface area contributed by atoms with E-state index in [0.717, 1.165) is 15.8 Å². The second-order valence-electron chi connectivity index (χ2n) is 8.88. The van der Waals surface area contributed by atoms with Crippen molar-refractivity contribution >= 4 is 28.3 Å². The van der Waals surface area contributed by atoms with Gasteiger partial charge in [-0.3, -0.25) is 14.2 Å². The number of nitrogens with one attached hydrogen (secondary N) is 1. The molecule has 37 heavy (non-hydrogen) atoms. The number of ether oxygens (including phenoxy) is 2. The molecule has 1 aliphatic rings. The van der Waals surface area contributed by atoms with E-state index in [-0.39, 0.29) is 24.4 Å². The van der Waals surface area contributed by atoms with E-state index in [1.807, 2.05) is 31.2 Å². The van der Waals surface area contributed by atoms with Crippen molar-refractivity contribution in [2.75, 3.05) is 18.5 Å². The first kappa shape index (κ1) is 22.6. The molecule has 3 aromatic carbocycles. The van der Waals surface area contributed by atoms with Gasteiger partial charge in [-0.2, -0.15) is 0 Å². The number of para-hydroxylation sites is 1. The zero-order valence-corrected chi connectivity index (χ0v) is 20.0. The molecule has 10 nitrogen and oxygen atoms in total. The average molecular weight is 498 g/mol. The Morgan fingerprint density at radius 3 is 2.54 bits per heavy atom. The molecule has 1 N–H and O–H groups in total. The number of aryl methyl sites for hydroxylation is 1. The van der Waals surface area contributed by atoms with Crippen molar-refractivity contribution in [2.45, 2.75) is 20.0 Å². The van der Waals surface area contributed by atoms with Crippen LogP contribution in [0.1, 0.15) is 11.1 Å². The summed E-state index contributed by atoms with van der Waals surface area (Å²) < 4.78 is 15.0. The van der Waals surface area contributed by atoms with Gasteiger partial charge in [0.1, 0.15) is 19.8 Å². The van der Waals surface area contributed by atoms with Crippen molar-refractivity contribution in [2.24, 2.45) is 0 Å². The Morgan fingerprint density at radius 2 is 1.73 bits per heavy atom. The summed E-state index contributed by atoms with van der Waals surface area (Å²) in [4.78, 5) is 39.7. The maximum Gasteiger partial charge on any atom is 0.352 e. The van der Waals surface area contributed by atoms with Gasteiger partial charge in [0.05, 0.1) is 17.4 Å². The van der Waals surface area contributed by atoms with Crippen LogP contribution < -0.4 is 26.0 Å². The van der Waals surface area contributed by atoms with Gasteiger partial charge in [-0.25, -0.2) is 13.9 Å². The summed E-state index contributed by atoms with van der Waals surface area (Å²) in [5, 5.41) is 7.57. The number of carbonyl (C=O) groups excluding carboxylic acids is 1. The maximum absolute atomic E-state index is 13.4. The summed E-state index contributed by atoms with van der Waals surface area (Å²) in [6.07, 6.45) is 0. The van der Waals surface area contributed by atoms with Crippen LogP contribution in [0.4, 0.5) is 5.69 Å². The molecule has 0 aliphatic carbocycles. The molecular formula is C27H23N5O5. The first-order valence-electron chi connectivity index (χ1n) is 11.8. The molecule has 1 aliphatic heterocycles. The first-order chi connectivity index (χ1) is 18.0. The van der Waals surface area contributed by atoms with Crippen LogP contribution in [0.3, 0.4) is 0 Å². The highest BCUT2D eigenvalue weighted by molar-refractivity contribution is 5.91. The number of amides is 1. The van der Waals surface area contributed by atoms with Crippen LogP contribution in [-0.2, 0) is 17.9 Å². The number of anilines is 1. The van der Waals surface area contributed by atoms with Gasteiger partial charge in [0.25, 0.3) is 5.56 Å². The molecule has 3 heterocycles. The van der Waals surface area contributed by atoms with Crippen molar-refractivity contribution in [3.8, 4) is 11.5 Å². The van der Waals surface area contributed by atoms with Crippen molar-refractivity contribution in [3.05, 3.63) is 98.7 Å². The fraction of sp³-hybridized carbons (Fsp3) is 0.185. The Kier molecular flexibility index (Phi) is 5.48. The fourth-order valence-corrected chi connectivity index (χ4v) is 4.45. The Hall–Kier alpha value is -4.86. The van der Waals surface area contributed by atoms with E-state index in [1.54, 1.807) is 42.5 Å². The number of fused-ring (bicyclic) bond motifs is 4. The zero-order valence-electron chi connectivity index (χ0n) is 20.0. The molecule has 0 atom stereocenters.